The number of unbranched alkanes of at least 4 members (excludes halogenated alkanes) is 5. The molecule has 0 N–H and O–H groups in total. The average molecular weight is 194 g/mol. The fraction of sp³-hybridized carbons (Fsp3) is 1.00. The molecule has 3 nitrogen and oxygen atoms in total. The molecule has 0 rings (SSSR count). The Kier molecular flexibility index (Phi) is 15.6. The third-order valence-corrected chi connectivity index (χ3v) is 1.46. The Hall–Kier alpha value is -0.380. The van der Waals surface area contributed by atoms with E-state index in [1.165, 1.54) is 38.5 Å². The van der Waals surface area contributed by atoms with E-state index >= 15 is 0 Å². The van der Waals surface area contributed by atoms with Gasteiger partial charge in [-0.25, -0.2) is 0 Å². The summed E-state index contributed by atoms with van der Waals surface area (Å²) in [4.78, 5) is 0. The smallest absolute Gasteiger partial charge is 0.142 e. The minimum Gasteiger partial charge on any atom is -0.142 e. The molecule has 0 amide bonds. The van der Waals surface area contributed by atoms with Crippen LogP contribution in [0.2, 0.25) is 0 Å². The summed E-state index contributed by atoms with van der Waals surface area (Å²) in [5.41, 5.74) is 0. The molecule has 0 radical (unpaired) electrons. The molecule has 0 aliphatic heterocycles. The zero-order chi connectivity index (χ0) is 9.82. The summed E-state index contributed by atoms with van der Waals surface area (Å²) < 4.78 is 25.3. The van der Waals surface area contributed by atoms with Gasteiger partial charge in [0.05, 0.1) is 0 Å². The maximum Gasteiger partial charge on any atom is 0.425 e. The maximum atomic E-state index is 8.44. The molecule has 0 heterocycles. The van der Waals surface area contributed by atoms with E-state index in [2.05, 4.69) is 13.8 Å². The Morgan fingerprint density at radius 2 is 1.00 bits per heavy atom. The molecule has 0 spiro atoms. The lowest BCUT2D eigenvalue weighted by Crippen LogP contribution is -1.73. The van der Waals surface area contributed by atoms with Gasteiger partial charge in [-0.3, -0.25) is 0 Å². The summed E-state index contributed by atoms with van der Waals surface area (Å²) in [6.45, 7) is 4.51. The average Bonchev–Trinajstić information content (AvgIpc) is 1.97. The van der Waals surface area contributed by atoms with Gasteiger partial charge < -0.3 is 0 Å². The molecule has 0 aromatic heterocycles. The van der Waals surface area contributed by atoms with Gasteiger partial charge in [0, 0.05) is 0 Å². The molecular formula is C8H18O3S. The van der Waals surface area contributed by atoms with Crippen LogP contribution < -0.4 is 0 Å². The van der Waals surface area contributed by atoms with Crippen LogP contribution in [-0.4, -0.2) is 12.6 Å². The fourth-order valence-corrected chi connectivity index (χ4v) is 0.854. The maximum absolute atomic E-state index is 8.44. The van der Waals surface area contributed by atoms with Crippen molar-refractivity contribution in [1.82, 2.24) is 0 Å². The quantitative estimate of drug-likeness (QED) is 0.631. The third-order valence-electron chi connectivity index (χ3n) is 1.46. The van der Waals surface area contributed by atoms with Crippen molar-refractivity contribution >= 4 is 10.6 Å². The molecule has 0 aromatic rings. The summed E-state index contributed by atoms with van der Waals surface area (Å²) in [5, 5.41) is 0. The van der Waals surface area contributed by atoms with Crippen molar-refractivity contribution in [2.45, 2.75) is 52.4 Å². The van der Waals surface area contributed by atoms with Gasteiger partial charge in [-0.05, 0) is 0 Å². The van der Waals surface area contributed by atoms with Gasteiger partial charge in [0.15, 0.2) is 0 Å². The number of hydrogen-bond acceptors (Lipinski definition) is 3. The first-order valence-corrected chi connectivity index (χ1v) is 5.41. The lowest BCUT2D eigenvalue weighted by atomic mass is 10.1. The molecule has 74 valence electrons. The lowest BCUT2D eigenvalue weighted by Gasteiger charge is -1.93. The summed E-state index contributed by atoms with van der Waals surface area (Å²) >= 11 is 0. The zero-order valence-electron chi connectivity index (χ0n) is 7.88. The van der Waals surface area contributed by atoms with E-state index in [1.54, 1.807) is 0 Å². The first-order valence-electron chi connectivity index (χ1n) is 4.41. The molecule has 12 heavy (non-hydrogen) atoms. The molecule has 0 fully saturated rings. The van der Waals surface area contributed by atoms with E-state index in [0.29, 0.717) is 0 Å². The molecule has 0 aromatic carbocycles. The van der Waals surface area contributed by atoms with E-state index in [0.717, 1.165) is 0 Å². The molecule has 0 saturated heterocycles. The second-order valence-electron chi connectivity index (χ2n) is 2.62. The lowest BCUT2D eigenvalue weighted by molar-refractivity contribution is 0.559. The highest BCUT2D eigenvalue weighted by Crippen LogP contribution is 2.03. The van der Waals surface area contributed by atoms with E-state index < -0.39 is 10.6 Å². The molecule has 0 bridgehead atoms. The van der Waals surface area contributed by atoms with E-state index in [1.807, 2.05) is 0 Å². The second-order valence-corrected chi connectivity index (χ2v) is 3.03. The minimum atomic E-state index is -3.11. The predicted molar refractivity (Wildman–Crippen MR) is 48.7 cm³/mol. The van der Waals surface area contributed by atoms with Crippen molar-refractivity contribution in [3.05, 3.63) is 0 Å². The summed E-state index contributed by atoms with van der Waals surface area (Å²) in [5.74, 6) is 0. The Morgan fingerprint density at radius 3 is 1.17 bits per heavy atom. The van der Waals surface area contributed by atoms with E-state index in [9.17, 15) is 0 Å². The predicted octanol–water partition coefficient (Wildman–Crippen LogP) is 2.36. The van der Waals surface area contributed by atoms with Gasteiger partial charge in [-0.15, -0.1) is 12.6 Å². The molecule has 0 aliphatic carbocycles. The van der Waals surface area contributed by atoms with Gasteiger partial charge in [0.1, 0.15) is 0 Å². The van der Waals surface area contributed by atoms with E-state index in [4.69, 9.17) is 12.6 Å². The van der Waals surface area contributed by atoms with Crippen LogP contribution in [0.1, 0.15) is 52.4 Å². The minimum absolute atomic E-state index is 1.36. The first-order chi connectivity index (χ1) is 5.65. The largest absolute Gasteiger partial charge is 0.425 e. The molecule has 0 aliphatic rings. The standard InChI is InChI=1S/C8H18.O3S/c1-3-5-7-8-6-4-2;1-4(2)3/h3-8H2,1-2H3;. The van der Waals surface area contributed by atoms with Crippen LogP contribution in [-0.2, 0) is 10.6 Å². The Morgan fingerprint density at radius 1 is 0.750 bits per heavy atom. The highest BCUT2D eigenvalue weighted by atomic mass is 32.2. The normalized spacial score (nSPS) is 8.50. The topological polar surface area (TPSA) is 51.2 Å². The van der Waals surface area contributed by atoms with Crippen molar-refractivity contribution in [2.75, 3.05) is 0 Å². The van der Waals surface area contributed by atoms with E-state index in [-0.39, 0.29) is 0 Å². The third kappa shape index (κ3) is 33.5. The van der Waals surface area contributed by atoms with Crippen LogP contribution >= 0.6 is 0 Å². The van der Waals surface area contributed by atoms with Crippen molar-refractivity contribution in [3.8, 4) is 0 Å². The SMILES string of the molecule is CCCCCCCC.O=S(=O)=O. The van der Waals surface area contributed by atoms with Crippen LogP contribution in [0, 0.1) is 0 Å². The van der Waals surface area contributed by atoms with Crippen LogP contribution in [0.5, 0.6) is 0 Å². The van der Waals surface area contributed by atoms with Crippen molar-refractivity contribution in [1.29, 1.82) is 0 Å². The van der Waals surface area contributed by atoms with Crippen molar-refractivity contribution in [3.63, 3.8) is 0 Å². The van der Waals surface area contributed by atoms with Crippen molar-refractivity contribution in [2.24, 2.45) is 0 Å². The van der Waals surface area contributed by atoms with Crippen LogP contribution in [0.3, 0.4) is 0 Å². The molecule has 0 atom stereocenters. The molecule has 4 heteroatoms. The summed E-state index contributed by atoms with van der Waals surface area (Å²) in [6.07, 6.45) is 8.49. The zero-order valence-corrected chi connectivity index (χ0v) is 8.69. The highest BCUT2D eigenvalue weighted by Gasteiger charge is 1.83. The van der Waals surface area contributed by atoms with Crippen molar-refractivity contribution < 1.29 is 12.6 Å². The molecular weight excluding hydrogens is 176 g/mol. The van der Waals surface area contributed by atoms with Gasteiger partial charge in [-0.1, -0.05) is 52.4 Å². The molecule has 0 unspecified atom stereocenters. The van der Waals surface area contributed by atoms with Gasteiger partial charge >= 0.3 is 10.6 Å². The van der Waals surface area contributed by atoms with Crippen LogP contribution in [0.25, 0.3) is 0 Å². The van der Waals surface area contributed by atoms with Crippen LogP contribution in [0.15, 0.2) is 0 Å². The Balaban J connectivity index is 0. The number of rotatable bonds is 5. The van der Waals surface area contributed by atoms with Gasteiger partial charge in [-0.2, -0.15) is 0 Å². The summed E-state index contributed by atoms with van der Waals surface area (Å²) in [7, 11) is -3.11. The fourth-order valence-electron chi connectivity index (χ4n) is 0.854. The highest BCUT2D eigenvalue weighted by molar-refractivity contribution is 7.59. The van der Waals surface area contributed by atoms with Crippen LogP contribution in [0.4, 0.5) is 0 Å². The second kappa shape index (κ2) is 13.2. The number of hydrogen-bond donors (Lipinski definition) is 0. The Bertz CT molecular complexity index is 145. The first kappa shape index (κ1) is 14.2. The summed E-state index contributed by atoms with van der Waals surface area (Å²) in [6, 6.07) is 0. The van der Waals surface area contributed by atoms with Gasteiger partial charge in [0.25, 0.3) is 0 Å². The Labute approximate surface area is 76.2 Å². The van der Waals surface area contributed by atoms with Gasteiger partial charge in [0.2, 0.25) is 0 Å². The monoisotopic (exact) mass is 194 g/mol. The molecule has 0 saturated carbocycles.